The minimum atomic E-state index is -1.40. The van der Waals surface area contributed by atoms with Gasteiger partial charge in [0, 0.05) is 12.6 Å². The maximum atomic E-state index is 11.5. The van der Waals surface area contributed by atoms with Gasteiger partial charge in [0.2, 0.25) is 0 Å². The Morgan fingerprint density at radius 3 is 2.57 bits per heavy atom. The van der Waals surface area contributed by atoms with Gasteiger partial charge < -0.3 is 20.3 Å². The molecule has 2 unspecified atom stereocenters. The molecular formula is C14H21N3O6. The molecular weight excluding hydrogens is 306 g/mol. The minimum Gasteiger partial charge on any atom is -0.444 e. The van der Waals surface area contributed by atoms with Gasteiger partial charge in [-0.2, -0.15) is 0 Å². The van der Waals surface area contributed by atoms with Crippen LogP contribution in [-0.4, -0.2) is 44.5 Å². The number of hydrogen-bond acceptors (Lipinski definition) is 7. The van der Waals surface area contributed by atoms with Crippen molar-refractivity contribution in [2.45, 2.75) is 45.5 Å². The second-order valence-electron chi connectivity index (χ2n) is 6.05. The molecule has 1 aromatic rings. The number of rotatable bonds is 5. The first-order valence-electron chi connectivity index (χ1n) is 6.95. The van der Waals surface area contributed by atoms with Crippen LogP contribution < -0.4 is 5.32 Å². The van der Waals surface area contributed by atoms with Gasteiger partial charge in [0.05, 0.1) is 10.6 Å². The van der Waals surface area contributed by atoms with Gasteiger partial charge in [-0.3, -0.25) is 15.1 Å². The number of nitro groups is 1. The molecule has 2 atom stereocenters. The number of aliphatic hydroxyl groups excluding tert-OH is 2. The molecule has 0 spiro atoms. The Kier molecular flexibility index (Phi) is 5.99. The van der Waals surface area contributed by atoms with E-state index in [4.69, 9.17) is 4.74 Å². The van der Waals surface area contributed by atoms with Gasteiger partial charge in [0.1, 0.15) is 24.0 Å². The first-order valence-corrected chi connectivity index (χ1v) is 6.95. The molecule has 23 heavy (non-hydrogen) atoms. The van der Waals surface area contributed by atoms with Crippen molar-refractivity contribution < 1.29 is 24.7 Å². The highest BCUT2D eigenvalue weighted by atomic mass is 16.6. The highest BCUT2D eigenvalue weighted by molar-refractivity contribution is 5.67. The second-order valence-corrected chi connectivity index (χ2v) is 6.05. The number of pyridine rings is 1. The average molecular weight is 327 g/mol. The van der Waals surface area contributed by atoms with Gasteiger partial charge in [-0.05, 0) is 33.3 Å². The Morgan fingerprint density at radius 1 is 1.48 bits per heavy atom. The number of nitrogens with one attached hydrogen (secondary N) is 1. The molecule has 0 aliphatic carbocycles. The first kappa shape index (κ1) is 18.8. The van der Waals surface area contributed by atoms with Crippen LogP contribution in [0.5, 0.6) is 0 Å². The number of carbonyl (C=O) groups is 1. The molecule has 1 heterocycles. The quantitative estimate of drug-likeness (QED) is 0.546. The summed E-state index contributed by atoms with van der Waals surface area (Å²) in [5, 5.41) is 33.0. The summed E-state index contributed by atoms with van der Waals surface area (Å²) in [6, 6.07) is 1.25. The van der Waals surface area contributed by atoms with E-state index in [9.17, 15) is 25.1 Å². The van der Waals surface area contributed by atoms with Crippen LogP contribution >= 0.6 is 0 Å². The standard InChI is InChI=1S/C14H21N3O6/c1-8-5-9(17(21)22)6-15-11(8)12(19)10(18)7-16-13(20)23-14(2,3)4/h5-6,10,12,18-19H,7H2,1-4H3,(H,16,20). The Morgan fingerprint density at radius 2 is 2.09 bits per heavy atom. The van der Waals surface area contributed by atoms with Crippen molar-refractivity contribution in [1.82, 2.24) is 10.3 Å². The Bertz CT molecular complexity index is 584. The summed E-state index contributed by atoms with van der Waals surface area (Å²) in [6.45, 7) is 6.37. The summed E-state index contributed by atoms with van der Waals surface area (Å²) in [5.41, 5.74) is -0.415. The Labute approximate surface area is 133 Å². The molecule has 0 saturated carbocycles. The number of amides is 1. The fourth-order valence-electron chi connectivity index (χ4n) is 1.78. The van der Waals surface area contributed by atoms with Crippen LogP contribution in [0.4, 0.5) is 10.5 Å². The normalized spacial score (nSPS) is 14.0. The third kappa shape index (κ3) is 5.80. The van der Waals surface area contributed by atoms with Gasteiger partial charge in [-0.1, -0.05) is 0 Å². The van der Waals surface area contributed by atoms with Gasteiger partial charge in [-0.15, -0.1) is 0 Å². The molecule has 0 aliphatic rings. The van der Waals surface area contributed by atoms with E-state index in [2.05, 4.69) is 10.3 Å². The Balaban J connectivity index is 2.68. The topological polar surface area (TPSA) is 135 Å². The number of alkyl carbamates (subject to hydrolysis) is 1. The van der Waals surface area contributed by atoms with Crippen LogP contribution in [0.15, 0.2) is 12.3 Å². The van der Waals surface area contributed by atoms with Crippen molar-refractivity contribution in [3.8, 4) is 0 Å². The maximum absolute atomic E-state index is 11.5. The zero-order valence-electron chi connectivity index (χ0n) is 13.4. The van der Waals surface area contributed by atoms with Crippen LogP contribution in [0.25, 0.3) is 0 Å². The summed E-state index contributed by atoms with van der Waals surface area (Å²) < 4.78 is 5.01. The van der Waals surface area contributed by atoms with E-state index in [1.165, 1.54) is 13.0 Å². The van der Waals surface area contributed by atoms with Crippen LogP contribution in [0, 0.1) is 17.0 Å². The SMILES string of the molecule is Cc1cc([N+](=O)[O-])cnc1C(O)C(O)CNC(=O)OC(C)(C)C. The van der Waals surface area contributed by atoms with E-state index >= 15 is 0 Å². The van der Waals surface area contributed by atoms with Crippen molar-refractivity contribution in [1.29, 1.82) is 0 Å². The van der Waals surface area contributed by atoms with E-state index < -0.39 is 28.8 Å². The number of carbonyl (C=O) groups excluding carboxylic acids is 1. The lowest BCUT2D eigenvalue weighted by Crippen LogP contribution is -2.39. The number of aromatic nitrogens is 1. The summed E-state index contributed by atoms with van der Waals surface area (Å²) in [4.78, 5) is 25.4. The monoisotopic (exact) mass is 327 g/mol. The molecule has 9 heteroatoms. The average Bonchev–Trinajstić information content (AvgIpc) is 2.41. The van der Waals surface area contributed by atoms with Crippen LogP contribution in [-0.2, 0) is 4.74 Å². The van der Waals surface area contributed by atoms with E-state index in [0.29, 0.717) is 5.56 Å². The van der Waals surface area contributed by atoms with Crippen molar-refractivity contribution in [3.63, 3.8) is 0 Å². The summed E-state index contributed by atoms with van der Waals surface area (Å²) in [7, 11) is 0. The van der Waals surface area contributed by atoms with Crippen LogP contribution in [0.2, 0.25) is 0 Å². The fourth-order valence-corrected chi connectivity index (χ4v) is 1.78. The number of aryl methyl sites for hydroxylation is 1. The van der Waals surface area contributed by atoms with Crippen molar-refractivity contribution in [3.05, 3.63) is 33.6 Å². The third-order valence-corrected chi connectivity index (χ3v) is 2.81. The molecule has 9 nitrogen and oxygen atoms in total. The molecule has 1 aromatic heterocycles. The molecule has 128 valence electrons. The maximum Gasteiger partial charge on any atom is 0.407 e. The summed E-state index contributed by atoms with van der Waals surface area (Å²) in [5.74, 6) is 0. The lowest BCUT2D eigenvalue weighted by Gasteiger charge is -2.22. The number of hydrogen-bond donors (Lipinski definition) is 3. The zero-order chi connectivity index (χ0) is 17.8. The number of ether oxygens (including phenoxy) is 1. The molecule has 0 saturated heterocycles. The largest absolute Gasteiger partial charge is 0.444 e. The van der Waals surface area contributed by atoms with E-state index in [1.807, 2.05) is 0 Å². The van der Waals surface area contributed by atoms with Gasteiger partial charge in [-0.25, -0.2) is 4.79 Å². The van der Waals surface area contributed by atoms with Crippen molar-refractivity contribution in [2.75, 3.05) is 6.54 Å². The molecule has 1 rings (SSSR count). The predicted molar refractivity (Wildman–Crippen MR) is 80.8 cm³/mol. The van der Waals surface area contributed by atoms with Crippen molar-refractivity contribution in [2.24, 2.45) is 0 Å². The lowest BCUT2D eigenvalue weighted by molar-refractivity contribution is -0.385. The highest BCUT2D eigenvalue weighted by Crippen LogP contribution is 2.22. The Hall–Kier alpha value is -2.26. The molecule has 0 fully saturated rings. The van der Waals surface area contributed by atoms with Crippen LogP contribution in [0.3, 0.4) is 0 Å². The highest BCUT2D eigenvalue weighted by Gasteiger charge is 2.24. The summed E-state index contributed by atoms with van der Waals surface area (Å²) in [6.07, 6.45) is -2.46. The lowest BCUT2D eigenvalue weighted by atomic mass is 10.1. The molecule has 3 N–H and O–H groups in total. The predicted octanol–water partition coefficient (Wildman–Crippen LogP) is 1.22. The molecule has 0 aromatic carbocycles. The fraction of sp³-hybridized carbons (Fsp3) is 0.571. The van der Waals surface area contributed by atoms with Gasteiger partial charge in [0.25, 0.3) is 5.69 Å². The smallest absolute Gasteiger partial charge is 0.407 e. The molecule has 1 amide bonds. The molecule has 0 radical (unpaired) electrons. The first-order chi connectivity index (χ1) is 10.5. The second kappa shape index (κ2) is 7.34. The summed E-state index contributed by atoms with van der Waals surface area (Å²) >= 11 is 0. The van der Waals surface area contributed by atoms with Gasteiger partial charge in [0.15, 0.2) is 0 Å². The zero-order valence-corrected chi connectivity index (χ0v) is 13.4. The number of nitrogens with zero attached hydrogens (tertiary/aromatic N) is 2. The van der Waals surface area contributed by atoms with Crippen molar-refractivity contribution >= 4 is 11.8 Å². The number of aliphatic hydroxyl groups is 2. The van der Waals surface area contributed by atoms with E-state index in [-0.39, 0.29) is 17.9 Å². The third-order valence-electron chi connectivity index (χ3n) is 2.81. The van der Waals surface area contributed by atoms with Gasteiger partial charge >= 0.3 is 6.09 Å². The van der Waals surface area contributed by atoms with E-state index in [1.54, 1.807) is 20.8 Å². The van der Waals surface area contributed by atoms with E-state index in [0.717, 1.165) is 6.20 Å². The molecule has 0 bridgehead atoms. The molecule has 0 aliphatic heterocycles. The van der Waals surface area contributed by atoms with Crippen LogP contribution in [0.1, 0.15) is 38.1 Å². The minimum absolute atomic E-state index is 0.106.